The van der Waals surface area contributed by atoms with Crippen molar-refractivity contribution in [2.24, 2.45) is 4.99 Å². The molecule has 0 aromatic heterocycles. The van der Waals surface area contributed by atoms with E-state index in [1.54, 1.807) is 12.5 Å². The molecule has 0 spiro atoms. The van der Waals surface area contributed by atoms with Crippen molar-refractivity contribution in [3.8, 4) is 0 Å². The first-order valence-electron chi connectivity index (χ1n) is 3.50. The third-order valence-electron chi connectivity index (χ3n) is 0.870. The van der Waals surface area contributed by atoms with Gasteiger partial charge < -0.3 is 5.32 Å². The normalized spacial score (nSPS) is 14.1. The fraction of sp³-hybridized carbons (Fsp3) is 0.375. The van der Waals surface area contributed by atoms with Crippen LogP contribution in [0.4, 0.5) is 0 Å². The van der Waals surface area contributed by atoms with Crippen LogP contribution >= 0.6 is 0 Å². The first-order chi connectivity index (χ1) is 4.89. The highest BCUT2D eigenvalue weighted by atomic mass is 14.9. The summed E-state index contributed by atoms with van der Waals surface area (Å²) in [6, 6.07) is 0. The maximum absolute atomic E-state index is 3.89. The van der Waals surface area contributed by atoms with Gasteiger partial charge in [0, 0.05) is 12.4 Å². The van der Waals surface area contributed by atoms with Crippen molar-refractivity contribution >= 4 is 6.34 Å². The third-order valence-corrected chi connectivity index (χ3v) is 0.870. The lowest BCUT2D eigenvalue weighted by Crippen LogP contribution is -1.97. The summed E-state index contributed by atoms with van der Waals surface area (Å²) >= 11 is 0. The van der Waals surface area contributed by atoms with Crippen molar-refractivity contribution < 1.29 is 0 Å². The van der Waals surface area contributed by atoms with Gasteiger partial charge in [0.1, 0.15) is 0 Å². The van der Waals surface area contributed by atoms with Gasteiger partial charge in [0.25, 0.3) is 0 Å². The number of nitrogens with one attached hydrogen (secondary N) is 1. The van der Waals surface area contributed by atoms with Gasteiger partial charge in [0.05, 0.1) is 6.34 Å². The quantitative estimate of drug-likeness (QED) is 0.544. The van der Waals surface area contributed by atoms with Crippen molar-refractivity contribution in [3.63, 3.8) is 0 Å². The Morgan fingerprint density at radius 1 is 1.40 bits per heavy atom. The molecule has 1 heterocycles. The van der Waals surface area contributed by atoms with E-state index in [1.807, 2.05) is 33.0 Å². The van der Waals surface area contributed by atoms with Gasteiger partial charge in [-0.05, 0) is 18.6 Å². The predicted molar refractivity (Wildman–Crippen MR) is 45.9 cm³/mol. The zero-order valence-electron chi connectivity index (χ0n) is 6.76. The SMILES string of the molecule is CC.CC1=CN=CNC=C1. The zero-order valence-corrected chi connectivity index (χ0v) is 6.76. The molecule has 2 heteroatoms. The summed E-state index contributed by atoms with van der Waals surface area (Å²) in [6.07, 6.45) is 7.26. The molecule has 1 rings (SSSR count). The topological polar surface area (TPSA) is 24.4 Å². The summed E-state index contributed by atoms with van der Waals surface area (Å²) in [4.78, 5) is 3.89. The molecule has 0 saturated heterocycles. The van der Waals surface area contributed by atoms with Gasteiger partial charge in [-0.3, -0.25) is 0 Å². The fourth-order valence-corrected chi connectivity index (χ4v) is 0.463. The van der Waals surface area contributed by atoms with Gasteiger partial charge >= 0.3 is 0 Å². The maximum Gasteiger partial charge on any atom is 0.0918 e. The summed E-state index contributed by atoms with van der Waals surface area (Å²) in [5.41, 5.74) is 1.16. The summed E-state index contributed by atoms with van der Waals surface area (Å²) in [7, 11) is 0. The standard InChI is InChI=1S/C6H8N2.C2H6/c1-6-2-3-7-5-8-4-6;1-2/h2-5H,1H3,(H,7,8);1-2H3. The molecule has 0 unspecified atom stereocenters. The Morgan fingerprint density at radius 2 is 2.10 bits per heavy atom. The molecule has 0 aliphatic carbocycles. The van der Waals surface area contributed by atoms with Crippen molar-refractivity contribution in [1.29, 1.82) is 0 Å². The van der Waals surface area contributed by atoms with E-state index in [4.69, 9.17) is 0 Å². The van der Waals surface area contributed by atoms with Crippen molar-refractivity contribution in [2.45, 2.75) is 20.8 Å². The van der Waals surface area contributed by atoms with Gasteiger partial charge in [-0.2, -0.15) is 0 Å². The van der Waals surface area contributed by atoms with Gasteiger partial charge in [-0.1, -0.05) is 13.8 Å². The second-order valence-electron chi connectivity index (χ2n) is 1.65. The van der Waals surface area contributed by atoms with Crippen LogP contribution in [0.3, 0.4) is 0 Å². The van der Waals surface area contributed by atoms with Crippen LogP contribution in [0.1, 0.15) is 20.8 Å². The highest BCUT2D eigenvalue weighted by molar-refractivity contribution is 5.58. The molecule has 0 aromatic carbocycles. The predicted octanol–water partition coefficient (Wildman–Crippen LogP) is 2.06. The van der Waals surface area contributed by atoms with E-state index >= 15 is 0 Å². The van der Waals surface area contributed by atoms with Crippen molar-refractivity contribution in [1.82, 2.24) is 5.32 Å². The van der Waals surface area contributed by atoms with Crippen molar-refractivity contribution in [3.05, 3.63) is 24.0 Å². The van der Waals surface area contributed by atoms with Crippen LogP contribution in [0.25, 0.3) is 0 Å². The maximum atomic E-state index is 3.89. The summed E-state index contributed by atoms with van der Waals surface area (Å²) in [6.45, 7) is 6.00. The third kappa shape index (κ3) is 3.89. The minimum Gasteiger partial charge on any atom is -0.353 e. The van der Waals surface area contributed by atoms with E-state index < -0.39 is 0 Å². The molecule has 2 nitrogen and oxygen atoms in total. The monoisotopic (exact) mass is 138 g/mol. The van der Waals surface area contributed by atoms with E-state index in [0.29, 0.717) is 0 Å². The Morgan fingerprint density at radius 3 is 2.80 bits per heavy atom. The molecule has 0 saturated carbocycles. The highest BCUT2D eigenvalue weighted by Crippen LogP contribution is 1.94. The summed E-state index contributed by atoms with van der Waals surface area (Å²) in [5.74, 6) is 0. The number of hydrogen-bond acceptors (Lipinski definition) is 2. The second kappa shape index (κ2) is 6.08. The van der Waals surface area contributed by atoms with Gasteiger partial charge in [0.15, 0.2) is 0 Å². The number of aliphatic imine (C=N–C) groups is 1. The van der Waals surface area contributed by atoms with Gasteiger partial charge in [0.2, 0.25) is 0 Å². The molecule has 1 aliphatic heterocycles. The molecule has 0 bridgehead atoms. The molecule has 1 aliphatic rings. The van der Waals surface area contributed by atoms with E-state index in [9.17, 15) is 0 Å². The van der Waals surface area contributed by atoms with E-state index in [2.05, 4.69) is 10.3 Å². The Labute approximate surface area is 62.4 Å². The molecule has 0 amide bonds. The van der Waals surface area contributed by atoms with Gasteiger partial charge in [-0.25, -0.2) is 4.99 Å². The Kier molecular flexibility index (Phi) is 5.44. The number of allylic oxidation sites excluding steroid dienone is 2. The molecule has 1 N–H and O–H groups in total. The molecular weight excluding hydrogens is 124 g/mol. The van der Waals surface area contributed by atoms with E-state index in [-0.39, 0.29) is 0 Å². The lowest BCUT2D eigenvalue weighted by molar-refractivity contribution is 1.32. The van der Waals surface area contributed by atoms with Crippen LogP contribution in [0.5, 0.6) is 0 Å². The van der Waals surface area contributed by atoms with Crippen LogP contribution in [-0.2, 0) is 0 Å². The molecule has 0 atom stereocenters. The number of nitrogens with zero attached hydrogens (tertiary/aromatic N) is 1. The summed E-state index contributed by atoms with van der Waals surface area (Å²) in [5, 5.41) is 2.85. The Balaban J connectivity index is 0.000000371. The van der Waals surface area contributed by atoms with Crippen molar-refractivity contribution in [2.75, 3.05) is 0 Å². The Hall–Kier alpha value is -1.05. The average Bonchev–Trinajstić information content (AvgIpc) is 2.21. The van der Waals surface area contributed by atoms with Crippen LogP contribution < -0.4 is 5.32 Å². The fourth-order valence-electron chi connectivity index (χ4n) is 0.463. The van der Waals surface area contributed by atoms with Crippen LogP contribution in [0, 0.1) is 0 Å². The Bertz CT molecular complexity index is 155. The highest BCUT2D eigenvalue weighted by Gasteiger charge is 1.80. The summed E-state index contributed by atoms with van der Waals surface area (Å²) < 4.78 is 0. The van der Waals surface area contributed by atoms with Crippen LogP contribution in [0.2, 0.25) is 0 Å². The first kappa shape index (κ1) is 8.95. The molecular formula is C8H14N2. The molecule has 56 valence electrons. The lowest BCUT2D eigenvalue weighted by atomic mass is 10.3. The minimum absolute atomic E-state index is 1.16. The first-order valence-corrected chi connectivity index (χ1v) is 3.50. The minimum atomic E-state index is 1.16. The number of rotatable bonds is 0. The number of hydrogen-bond donors (Lipinski definition) is 1. The van der Waals surface area contributed by atoms with E-state index in [0.717, 1.165) is 5.57 Å². The van der Waals surface area contributed by atoms with Crippen LogP contribution in [-0.4, -0.2) is 6.34 Å². The smallest absolute Gasteiger partial charge is 0.0918 e. The molecule has 0 fully saturated rings. The molecule has 0 aromatic rings. The molecule has 0 radical (unpaired) electrons. The van der Waals surface area contributed by atoms with Crippen LogP contribution in [0.15, 0.2) is 29.0 Å². The zero-order chi connectivity index (χ0) is 7.82. The second-order valence-corrected chi connectivity index (χ2v) is 1.65. The van der Waals surface area contributed by atoms with Gasteiger partial charge in [-0.15, -0.1) is 0 Å². The lowest BCUT2D eigenvalue weighted by Gasteiger charge is -1.80. The van der Waals surface area contributed by atoms with E-state index in [1.165, 1.54) is 0 Å². The largest absolute Gasteiger partial charge is 0.353 e. The average molecular weight is 138 g/mol. The molecule has 10 heavy (non-hydrogen) atoms.